The van der Waals surface area contributed by atoms with Crippen molar-refractivity contribution in [2.45, 2.75) is 9.79 Å². The molecule has 0 saturated heterocycles. The van der Waals surface area contributed by atoms with Gasteiger partial charge in [-0.05, 0) is 12.1 Å². The normalized spacial score (nSPS) is 12.1. The number of aromatic carboxylic acids is 2. The molecule has 0 unspecified atom stereocenters. The largest absolute Gasteiger partial charge is 0.478 e. The molecule has 0 aliphatic heterocycles. The minimum Gasteiger partial charge on any atom is -0.478 e. The van der Waals surface area contributed by atoms with E-state index in [1.807, 2.05) is 0 Å². The number of rotatable bonds is 4. The van der Waals surface area contributed by atoms with Crippen LogP contribution in [0.1, 0.15) is 20.7 Å². The zero-order valence-electron chi connectivity index (χ0n) is 9.21. The molecule has 0 spiro atoms. The first-order valence-electron chi connectivity index (χ1n) is 4.46. The number of benzene rings is 1. The molecule has 0 saturated carbocycles. The first kappa shape index (κ1) is 16.0. The Hall–Kier alpha value is -2.02. The van der Waals surface area contributed by atoms with E-state index in [1.54, 1.807) is 0 Å². The van der Waals surface area contributed by atoms with E-state index in [4.69, 9.17) is 19.3 Å². The molecule has 0 heterocycles. The van der Waals surface area contributed by atoms with Crippen LogP contribution in [0.2, 0.25) is 0 Å². The van der Waals surface area contributed by atoms with Crippen molar-refractivity contribution in [1.82, 2.24) is 0 Å². The molecule has 20 heavy (non-hydrogen) atoms. The SMILES string of the molecule is O=C(O)c1ccc(C(=O)O)c(S(=O)(=O)O)c1S(=O)(=O)O. The summed E-state index contributed by atoms with van der Waals surface area (Å²) in [4.78, 5) is 18.2. The number of carbonyl (C=O) groups is 2. The Morgan fingerprint density at radius 1 is 0.750 bits per heavy atom. The minimum absolute atomic E-state index is 0.476. The second-order valence-corrected chi connectivity index (χ2v) is 6.10. The van der Waals surface area contributed by atoms with Crippen molar-refractivity contribution in [2.75, 3.05) is 0 Å². The van der Waals surface area contributed by atoms with E-state index in [-0.39, 0.29) is 0 Å². The molecule has 12 heteroatoms. The minimum atomic E-state index is -5.43. The van der Waals surface area contributed by atoms with E-state index in [2.05, 4.69) is 0 Å². The molecule has 1 aromatic rings. The molecular weight excluding hydrogens is 320 g/mol. The van der Waals surface area contributed by atoms with Crippen molar-refractivity contribution in [3.63, 3.8) is 0 Å². The molecule has 0 radical (unpaired) electrons. The molecule has 0 aromatic heterocycles. The highest BCUT2D eigenvalue weighted by Crippen LogP contribution is 2.28. The molecule has 0 bridgehead atoms. The Balaban J connectivity index is 4.16. The Morgan fingerprint density at radius 3 is 1.15 bits per heavy atom. The van der Waals surface area contributed by atoms with Gasteiger partial charge in [0.15, 0.2) is 0 Å². The van der Waals surface area contributed by atoms with Crippen LogP contribution < -0.4 is 0 Å². The summed E-state index contributed by atoms with van der Waals surface area (Å²) in [6.07, 6.45) is 0. The lowest BCUT2D eigenvalue weighted by Crippen LogP contribution is -2.18. The van der Waals surface area contributed by atoms with Gasteiger partial charge in [0, 0.05) is 0 Å². The van der Waals surface area contributed by atoms with Gasteiger partial charge in [-0.25, -0.2) is 9.59 Å². The fourth-order valence-corrected chi connectivity index (χ4v) is 3.60. The van der Waals surface area contributed by atoms with Crippen LogP contribution in [-0.2, 0) is 20.2 Å². The van der Waals surface area contributed by atoms with Crippen LogP contribution in [0.5, 0.6) is 0 Å². The molecule has 1 aromatic carbocycles. The zero-order chi connectivity index (χ0) is 15.9. The first-order chi connectivity index (χ1) is 8.87. The van der Waals surface area contributed by atoms with Gasteiger partial charge in [-0.3, -0.25) is 9.11 Å². The second kappa shape index (κ2) is 4.82. The van der Waals surface area contributed by atoms with Gasteiger partial charge in [0.05, 0.1) is 11.1 Å². The Morgan fingerprint density at radius 2 is 1.00 bits per heavy atom. The van der Waals surface area contributed by atoms with Crippen LogP contribution in [0, 0.1) is 0 Å². The van der Waals surface area contributed by atoms with E-state index in [1.165, 1.54) is 0 Å². The van der Waals surface area contributed by atoms with E-state index in [9.17, 15) is 26.4 Å². The van der Waals surface area contributed by atoms with Crippen molar-refractivity contribution >= 4 is 32.2 Å². The molecule has 0 aliphatic carbocycles. The summed E-state index contributed by atoms with van der Waals surface area (Å²) >= 11 is 0. The standard InChI is InChI=1S/C8H6O10S2/c9-7(10)3-1-2-4(8(11)12)6(20(16,17)18)5(3)19(13,14)15/h1-2H,(H,9,10)(H,11,12)(H,13,14,15)(H,16,17,18). The molecule has 0 amide bonds. The van der Waals surface area contributed by atoms with E-state index < -0.39 is 53.1 Å². The summed E-state index contributed by atoms with van der Waals surface area (Å²) in [5.74, 6) is -3.89. The van der Waals surface area contributed by atoms with Crippen LogP contribution in [-0.4, -0.2) is 48.1 Å². The quantitative estimate of drug-likeness (QED) is 0.529. The average molecular weight is 326 g/mol. The highest BCUT2D eigenvalue weighted by molar-refractivity contribution is 7.89. The van der Waals surface area contributed by atoms with Gasteiger partial charge in [-0.15, -0.1) is 0 Å². The van der Waals surface area contributed by atoms with Crippen LogP contribution in [0.3, 0.4) is 0 Å². The molecule has 110 valence electrons. The third-order valence-corrected chi connectivity index (χ3v) is 4.10. The van der Waals surface area contributed by atoms with Gasteiger partial charge >= 0.3 is 11.9 Å². The maximum absolute atomic E-state index is 11.1. The second-order valence-electron chi connectivity index (χ2n) is 3.38. The van der Waals surface area contributed by atoms with Gasteiger partial charge in [0.25, 0.3) is 20.2 Å². The maximum atomic E-state index is 11.1. The third-order valence-electron chi connectivity index (χ3n) is 2.09. The first-order valence-corrected chi connectivity index (χ1v) is 7.34. The Bertz CT molecular complexity index is 733. The van der Waals surface area contributed by atoms with Gasteiger partial charge in [-0.1, -0.05) is 0 Å². The number of carboxylic acid groups (broad SMARTS) is 2. The molecular formula is C8H6O10S2. The number of hydrogen-bond donors (Lipinski definition) is 4. The predicted molar refractivity (Wildman–Crippen MR) is 60.0 cm³/mol. The van der Waals surface area contributed by atoms with E-state index in [0.717, 1.165) is 0 Å². The van der Waals surface area contributed by atoms with Gasteiger partial charge < -0.3 is 10.2 Å². The maximum Gasteiger partial charge on any atom is 0.337 e. The third kappa shape index (κ3) is 2.93. The van der Waals surface area contributed by atoms with Crippen LogP contribution >= 0.6 is 0 Å². The van der Waals surface area contributed by atoms with Crippen molar-refractivity contribution in [3.05, 3.63) is 23.3 Å². The van der Waals surface area contributed by atoms with Crippen molar-refractivity contribution < 1.29 is 45.7 Å². The van der Waals surface area contributed by atoms with Crippen molar-refractivity contribution in [3.8, 4) is 0 Å². The lowest BCUT2D eigenvalue weighted by Gasteiger charge is -2.10. The van der Waals surface area contributed by atoms with Crippen molar-refractivity contribution in [2.24, 2.45) is 0 Å². The molecule has 1 rings (SSSR count). The number of hydrogen-bond acceptors (Lipinski definition) is 6. The smallest absolute Gasteiger partial charge is 0.337 e. The van der Waals surface area contributed by atoms with Gasteiger partial charge in [0.2, 0.25) is 0 Å². The highest BCUT2D eigenvalue weighted by Gasteiger charge is 2.34. The fourth-order valence-electron chi connectivity index (χ4n) is 1.41. The van der Waals surface area contributed by atoms with Crippen LogP contribution in [0.15, 0.2) is 21.9 Å². The molecule has 4 N–H and O–H groups in total. The molecule has 0 atom stereocenters. The fraction of sp³-hybridized carbons (Fsp3) is 0. The average Bonchev–Trinajstić information content (AvgIpc) is 2.24. The Kier molecular flexibility index (Phi) is 3.87. The van der Waals surface area contributed by atoms with Crippen LogP contribution in [0.25, 0.3) is 0 Å². The highest BCUT2D eigenvalue weighted by atomic mass is 32.2. The number of carboxylic acids is 2. The topological polar surface area (TPSA) is 183 Å². The summed E-state index contributed by atoms with van der Waals surface area (Å²) in [5.41, 5.74) is -2.41. The summed E-state index contributed by atoms with van der Waals surface area (Å²) in [6.45, 7) is 0. The lowest BCUT2D eigenvalue weighted by atomic mass is 10.1. The molecule has 10 nitrogen and oxygen atoms in total. The molecule has 0 aliphatic rings. The van der Waals surface area contributed by atoms with Gasteiger partial charge in [0.1, 0.15) is 9.79 Å². The van der Waals surface area contributed by atoms with Crippen molar-refractivity contribution in [1.29, 1.82) is 0 Å². The zero-order valence-corrected chi connectivity index (χ0v) is 10.8. The monoisotopic (exact) mass is 326 g/mol. The van der Waals surface area contributed by atoms with Crippen LogP contribution in [0.4, 0.5) is 0 Å². The Labute approximate surface area is 111 Å². The molecule has 0 fully saturated rings. The van der Waals surface area contributed by atoms with E-state index in [0.29, 0.717) is 12.1 Å². The summed E-state index contributed by atoms with van der Waals surface area (Å²) in [6, 6.07) is 0.952. The summed E-state index contributed by atoms with van der Waals surface area (Å²) < 4.78 is 62.3. The predicted octanol–water partition coefficient (Wildman–Crippen LogP) is -0.424. The lowest BCUT2D eigenvalue weighted by molar-refractivity contribution is 0.0673. The summed E-state index contributed by atoms with van der Waals surface area (Å²) in [7, 11) is -10.9. The van der Waals surface area contributed by atoms with Gasteiger partial charge in [-0.2, -0.15) is 16.8 Å². The van der Waals surface area contributed by atoms with E-state index >= 15 is 0 Å². The summed E-state index contributed by atoms with van der Waals surface area (Å²) in [5, 5.41) is 17.5.